The predicted molar refractivity (Wildman–Crippen MR) is 131 cm³/mol. The highest BCUT2D eigenvalue weighted by Gasteiger charge is 2.49. The van der Waals surface area contributed by atoms with Crippen LogP contribution in [0.15, 0.2) is 42.6 Å². The number of amides is 1. The van der Waals surface area contributed by atoms with E-state index in [1.165, 1.54) is 12.1 Å². The lowest BCUT2D eigenvalue weighted by atomic mass is 9.90. The first kappa shape index (κ1) is 23.3. The molecule has 1 N–H and O–H groups in total. The van der Waals surface area contributed by atoms with Crippen molar-refractivity contribution in [2.24, 2.45) is 5.92 Å². The molecule has 1 saturated heterocycles. The van der Waals surface area contributed by atoms with Crippen molar-refractivity contribution >= 4 is 40.0 Å². The quantitative estimate of drug-likeness (QED) is 0.473. The molecular formula is C26H25Cl2FN2O3. The molecule has 178 valence electrons. The van der Waals surface area contributed by atoms with Gasteiger partial charge in [-0.1, -0.05) is 23.2 Å². The second-order valence-corrected chi connectivity index (χ2v) is 10.1. The van der Waals surface area contributed by atoms with Gasteiger partial charge < -0.3 is 14.7 Å². The monoisotopic (exact) mass is 502 g/mol. The summed E-state index contributed by atoms with van der Waals surface area (Å²) in [5, 5.41) is 11.7. The predicted octanol–water partition coefficient (Wildman–Crippen LogP) is 5.88. The van der Waals surface area contributed by atoms with E-state index in [2.05, 4.69) is 4.98 Å². The summed E-state index contributed by atoms with van der Waals surface area (Å²) in [4.78, 5) is 19.3. The van der Waals surface area contributed by atoms with Gasteiger partial charge in [0, 0.05) is 42.2 Å². The third kappa shape index (κ3) is 4.47. The van der Waals surface area contributed by atoms with Crippen molar-refractivity contribution in [1.29, 1.82) is 0 Å². The lowest BCUT2D eigenvalue weighted by Gasteiger charge is -2.36. The number of hydrogen-bond acceptors (Lipinski definition) is 4. The molecule has 1 saturated carbocycles. The molecule has 2 fully saturated rings. The third-order valence-electron chi connectivity index (χ3n) is 6.91. The minimum absolute atomic E-state index is 0.0827. The van der Waals surface area contributed by atoms with Crippen LogP contribution in [0.4, 0.5) is 4.39 Å². The van der Waals surface area contributed by atoms with E-state index in [0.717, 1.165) is 36.6 Å². The molecule has 1 aliphatic heterocycles. The van der Waals surface area contributed by atoms with Crippen LogP contribution in [0.3, 0.4) is 0 Å². The molecule has 34 heavy (non-hydrogen) atoms. The van der Waals surface area contributed by atoms with Crippen molar-refractivity contribution in [2.75, 3.05) is 13.1 Å². The Bertz CT molecular complexity index is 1240. The standard InChI is InChI=1S/C26H25Cl2FN2O3/c1-15(25(32)31-10-2-3-16(14-31)26(33)7-8-26)34-18-4-5-19-20(6-9-30-23(19)13-18)24-21(27)11-17(29)12-22(24)28/h4-6,9,11-13,15-16,33H,2-3,7-8,10,14H2,1H3/t15-,16?/m1/s1. The maximum Gasteiger partial charge on any atom is 0.263 e. The number of ether oxygens (including phenoxy) is 1. The van der Waals surface area contributed by atoms with Gasteiger partial charge in [0.2, 0.25) is 0 Å². The van der Waals surface area contributed by atoms with Crippen LogP contribution in [0.25, 0.3) is 22.0 Å². The minimum atomic E-state index is -0.672. The van der Waals surface area contributed by atoms with E-state index >= 15 is 0 Å². The van der Waals surface area contributed by atoms with Crippen molar-refractivity contribution in [1.82, 2.24) is 9.88 Å². The van der Waals surface area contributed by atoms with Crippen LogP contribution in [0, 0.1) is 11.7 Å². The van der Waals surface area contributed by atoms with E-state index in [1.807, 2.05) is 11.0 Å². The summed E-state index contributed by atoms with van der Waals surface area (Å²) < 4.78 is 19.6. The zero-order valence-corrected chi connectivity index (χ0v) is 20.2. The van der Waals surface area contributed by atoms with Gasteiger partial charge in [0.05, 0.1) is 21.2 Å². The summed E-state index contributed by atoms with van der Waals surface area (Å²) in [6.45, 7) is 3.00. The van der Waals surface area contributed by atoms with Gasteiger partial charge in [-0.2, -0.15) is 0 Å². The number of carbonyl (C=O) groups is 1. The van der Waals surface area contributed by atoms with E-state index < -0.39 is 17.5 Å². The topological polar surface area (TPSA) is 62.7 Å². The van der Waals surface area contributed by atoms with Gasteiger partial charge in [-0.3, -0.25) is 9.78 Å². The van der Waals surface area contributed by atoms with Crippen LogP contribution in [0.1, 0.15) is 32.6 Å². The second kappa shape index (κ2) is 8.99. The number of hydrogen-bond donors (Lipinski definition) is 1. The first-order valence-corrected chi connectivity index (χ1v) is 12.2. The Kier molecular flexibility index (Phi) is 6.17. The Morgan fingerprint density at radius 3 is 2.68 bits per heavy atom. The highest BCUT2D eigenvalue weighted by atomic mass is 35.5. The van der Waals surface area contributed by atoms with Crippen LogP contribution in [0.5, 0.6) is 5.75 Å². The van der Waals surface area contributed by atoms with Crippen molar-refractivity contribution in [3.8, 4) is 16.9 Å². The minimum Gasteiger partial charge on any atom is -0.481 e. The molecule has 5 nitrogen and oxygen atoms in total. The molecule has 2 aromatic carbocycles. The molecule has 0 radical (unpaired) electrons. The molecule has 0 spiro atoms. The fourth-order valence-corrected chi connectivity index (χ4v) is 5.55. The molecule has 1 unspecified atom stereocenters. The summed E-state index contributed by atoms with van der Waals surface area (Å²) in [5.41, 5.74) is 1.32. The molecule has 2 heterocycles. The molecule has 2 atom stereocenters. The molecule has 1 aromatic heterocycles. The molecule has 5 rings (SSSR count). The Morgan fingerprint density at radius 2 is 1.97 bits per heavy atom. The highest BCUT2D eigenvalue weighted by molar-refractivity contribution is 6.39. The number of rotatable bonds is 5. The second-order valence-electron chi connectivity index (χ2n) is 9.27. The molecule has 2 aliphatic rings. The maximum atomic E-state index is 13.7. The summed E-state index contributed by atoms with van der Waals surface area (Å²) in [5.74, 6) is 0.0767. The van der Waals surface area contributed by atoms with Gasteiger partial charge in [0.1, 0.15) is 11.6 Å². The van der Waals surface area contributed by atoms with Crippen LogP contribution in [-0.2, 0) is 4.79 Å². The van der Waals surface area contributed by atoms with Crippen molar-refractivity contribution in [3.63, 3.8) is 0 Å². The number of likely N-dealkylation sites (tertiary alicyclic amines) is 1. The number of aliphatic hydroxyl groups is 1. The Labute approximate surface area is 207 Å². The SMILES string of the molecule is C[C@@H](Oc1ccc2c(-c3c(Cl)cc(F)cc3Cl)ccnc2c1)C(=O)N1CCCC(C2(O)CC2)C1. The number of piperidine rings is 1. The zero-order chi connectivity index (χ0) is 24.0. The number of benzene rings is 2. The van der Waals surface area contributed by atoms with E-state index in [0.29, 0.717) is 29.9 Å². The van der Waals surface area contributed by atoms with E-state index in [1.54, 1.807) is 31.3 Å². The third-order valence-corrected chi connectivity index (χ3v) is 7.50. The maximum absolute atomic E-state index is 13.7. The lowest BCUT2D eigenvalue weighted by molar-refractivity contribution is -0.141. The van der Waals surface area contributed by atoms with Gasteiger partial charge in [-0.05, 0) is 68.5 Å². The number of carbonyl (C=O) groups excluding carboxylic acids is 1. The average molecular weight is 503 g/mol. The number of aromatic nitrogens is 1. The molecular weight excluding hydrogens is 478 g/mol. The molecule has 1 aliphatic carbocycles. The zero-order valence-electron chi connectivity index (χ0n) is 18.7. The fourth-order valence-electron chi connectivity index (χ4n) is 4.88. The summed E-state index contributed by atoms with van der Waals surface area (Å²) in [6.07, 6.45) is 4.45. The first-order valence-electron chi connectivity index (χ1n) is 11.5. The van der Waals surface area contributed by atoms with Crippen LogP contribution < -0.4 is 4.74 Å². The Balaban J connectivity index is 1.35. The number of halogens is 3. The van der Waals surface area contributed by atoms with Crippen LogP contribution >= 0.6 is 23.2 Å². The first-order chi connectivity index (χ1) is 16.2. The van der Waals surface area contributed by atoms with Crippen molar-refractivity contribution in [3.05, 3.63) is 58.5 Å². The number of pyridine rings is 1. The molecule has 3 aromatic rings. The van der Waals surface area contributed by atoms with Gasteiger partial charge in [-0.15, -0.1) is 0 Å². The summed E-state index contributed by atoms with van der Waals surface area (Å²) in [7, 11) is 0. The Morgan fingerprint density at radius 1 is 1.24 bits per heavy atom. The van der Waals surface area contributed by atoms with Gasteiger partial charge in [-0.25, -0.2) is 4.39 Å². The highest BCUT2D eigenvalue weighted by Crippen LogP contribution is 2.45. The van der Waals surface area contributed by atoms with E-state index in [-0.39, 0.29) is 21.9 Å². The van der Waals surface area contributed by atoms with Gasteiger partial charge in [0.25, 0.3) is 5.91 Å². The average Bonchev–Trinajstić information content (AvgIpc) is 3.56. The number of fused-ring (bicyclic) bond motifs is 1. The van der Waals surface area contributed by atoms with E-state index in [4.69, 9.17) is 27.9 Å². The smallest absolute Gasteiger partial charge is 0.263 e. The normalized spacial score (nSPS) is 20.3. The molecule has 1 amide bonds. The van der Waals surface area contributed by atoms with Crippen LogP contribution in [-0.4, -0.2) is 45.7 Å². The van der Waals surface area contributed by atoms with Gasteiger partial charge >= 0.3 is 0 Å². The van der Waals surface area contributed by atoms with Crippen molar-refractivity contribution in [2.45, 2.75) is 44.3 Å². The van der Waals surface area contributed by atoms with E-state index in [9.17, 15) is 14.3 Å². The molecule has 0 bridgehead atoms. The summed E-state index contributed by atoms with van der Waals surface area (Å²) in [6, 6.07) is 9.61. The van der Waals surface area contributed by atoms with Gasteiger partial charge in [0.15, 0.2) is 6.10 Å². The number of nitrogens with zero attached hydrogens (tertiary/aromatic N) is 2. The largest absolute Gasteiger partial charge is 0.481 e. The van der Waals surface area contributed by atoms with Crippen molar-refractivity contribution < 1.29 is 19.0 Å². The Hall–Kier alpha value is -2.41. The lowest BCUT2D eigenvalue weighted by Crippen LogP contribution is -2.48. The fraction of sp³-hybridized carbons (Fsp3) is 0.385. The summed E-state index contributed by atoms with van der Waals surface area (Å²) >= 11 is 12.6. The molecule has 8 heteroatoms. The van der Waals surface area contributed by atoms with Crippen LogP contribution in [0.2, 0.25) is 10.0 Å².